The number of benzene rings is 2. The van der Waals surface area contributed by atoms with Gasteiger partial charge >= 0.3 is 5.97 Å². The topological polar surface area (TPSA) is 117 Å². The van der Waals surface area contributed by atoms with Gasteiger partial charge in [0.2, 0.25) is 0 Å². The maximum atomic E-state index is 12.2. The van der Waals surface area contributed by atoms with E-state index in [-0.39, 0.29) is 10.6 Å². The Morgan fingerprint density at radius 3 is 2.38 bits per heavy atom. The van der Waals surface area contributed by atoms with Crippen molar-refractivity contribution >= 4 is 44.7 Å². The van der Waals surface area contributed by atoms with Gasteiger partial charge in [-0.05, 0) is 12.1 Å². The molecule has 9 nitrogen and oxygen atoms in total. The fourth-order valence-corrected chi connectivity index (χ4v) is 3.46. The quantitative estimate of drug-likeness (QED) is 0.355. The second kappa shape index (κ2) is 8.57. The lowest BCUT2D eigenvalue weighted by atomic mass is 10.2. The molecule has 1 heterocycles. The molecule has 0 radical (unpaired) electrons. The number of non-ortho nitro benzene ring substituents is 1. The fourth-order valence-electron chi connectivity index (χ4n) is 2.52. The Kier molecular flexibility index (Phi) is 5.93. The molecule has 0 fully saturated rings. The van der Waals surface area contributed by atoms with Gasteiger partial charge in [0.05, 0.1) is 19.1 Å². The molecule has 0 spiro atoms. The molecule has 0 unspecified atom stereocenters. The number of rotatable bonds is 7. The summed E-state index contributed by atoms with van der Waals surface area (Å²) in [5.41, 5.74) is 0.361. The summed E-state index contributed by atoms with van der Waals surface area (Å²) in [5.74, 6) is -0.232. The highest BCUT2D eigenvalue weighted by atomic mass is 32.1. The lowest BCUT2D eigenvalue weighted by Gasteiger charge is -2.10. The van der Waals surface area contributed by atoms with Crippen molar-refractivity contribution in [2.75, 3.05) is 26.1 Å². The van der Waals surface area contributed by atoms with E-state index >= 15 is 0 Å². The van der Waals surface area contributed by atoms with E-state index in [0.29, 0.717) is 27.3 Å². The molecule has 1 N–H and O–H groups in total. The first-order valence-corrected chi connectivity index (χ1v) is 9.09. The van der Waals surface area contributed by atoms with E-state index in [1.54, 1.807) is 24.3 Å². The van der Waals surface area contributed by atoms with Crippen molar-refractivity contribution in [3.05, 3.63) is 57.5 Å². The number of nitrogens with one attached hydrogen (secondary N) is 1. The van der Waals surface area contributed by atoms with Crippen LogP contribution in [-0.4, -0.2) is 37.6 Å². The number of esters is 1. The SMILES string of the molecule is COc1cc(NC(=O)COC(=O)c2cc3cc([N+](=O)[O-])ccc3s2)cc(OC)c1. The number of methoxy groups -OCH3 is 2. The van der Waals surface area contributed by atoms with Gasteiger partial charge < -0.3 is 19.5 Å². The zero-order valence-electron chi connectivity index (χ0n) is 15.5. The number of thiophene rings is 1. The summed E-state index contributed by atoms with van der Waals surface area (Å²) < 4.78 is 16.0. The molecule has 29 heavy (non-hydrogen) atoms. The monoisotopic (exact) mass is 416 g/mol. The van der Waals surface area contributed by atoms with Crippen molar-refractivity contribution in [3.63, 3.8) is 0 Å². The number of nitrogens with zero attached hydrogens (tertiary/aromatic N) is 1. The van der Waals surface area contributed by atoms with Crippen LogP contribution in [0.15, 0.2) is 42.5 Å². The Morgan fingerprint density at radius 2 is 1.76 bits per heavy atom. The number of carbonyl (C=O) groups excluding carboxylic acids is 2. The second-order valence-electron chi connectivity index (χ2n) is 5.82. The van der Waals surface area contributed by atoms with Crippen LogP contribution in [0.2, 0.25) is 0 Å². The molecule has 0 aliphatic carbocycles. The van der Waals surface area contributed by atoms with Gasteiger partial charge in [-0.1, -0.05) is 0 Å². The number of anilines is 1. The van der Waals surface area contributed by atoms with Crippen molar-refractivity contribution in [2.45, 2.75) is 0 Å². The highest BCUT2D eigenvalue weighted by Crippen LogP contribution is 2.29. The molecule has 0 bridgehead atoms. The van der Waals surface area contributed by atoms with Crippen LogP contribution in [0, 0.1) is 10.1 Å². The van der Waals surface area contributed by atoms with Crippen LogP contribution >= 0.6 is 11.3 Å². The summed E-state index contributed by atoms with van der Waals surface area (Å²) in [6, 6.07) is 10.7. The zero-order chi connectivity index (χ0) is 21.0. The maximum Gasteiger partial charge on any atom is 0.348 e. The number of ether oxygens (including phenoxy) is 3. The van der Waals surface area contributed by atoms with E-state index in [1.165, 1.54) is 32.4 Å². The molecule has 1 aromatic heterocycles. The van der Waals surface area contributed by atoms with Crippen LogP contribution in [-0.2, 0) is 9.53 Å². The van der Waals surface area contributed by atoms with Crippen LogP contribution in [0.25, 0.3) is 10.1 Å². The lowest BCUT2D eigenvalue weighted by molar-refractivity contribution is -0.384. The molecular weight excluding hydrogens is 400 g/mol. The minimum Gasteiger partial charge on any atom is -0.497 e. The third kappa shape index (κ3) is 4.79. The molecule has 1 amide bonds. The van der Waals surface area contributed by atoms with Crippen LogP contribution < -0.4 is 14.8 Å². The van der Waals surface area contributed by atoms with Gasteiger partial charge in [0.25, 0.3) is 11.6 Å². The summed E-state index contributed by atoms with van der Waals surface area (Å²) >= 11 is 1.13. The van der Waals surface area contributed by atoms with E-state index in [2.05, 4.69) is 5.32 Å². The molecular formula is C19H16N2O7S. The van der Waals surface area contributed by atoms with Gasteiger partial charge in [-0.15, -0.1) is 11.3 Å². The Bertz CT molecular complexity index is 1070. The molecule has 10 heteroatoms. The number of nitro groups is 1. The summed E-state index contributed by atoms with van der Waals surface area (Å²) in [5, 5.41) is 14.0. The molecule has 0 saturated heterocycles. The average molecular weight is 416 g/mol. The number of hydrogen-bond acceptors (Lipinski definition) is 8. The van der Waals surface area contributed by atoms with E-state index in [0.717, 1.165) is 11.3 Å². The molecule has 0 atom stereocenters. The Morgan fingerprint density at radius 1 is 1.07 bits per heavy atom. The molecule has 0 aliphatic heterocycles. The first-order valence-electron chi connectivity index (χ1n) is 8.27. The normalized spacial score (nSPS) is 10.4. The van der Waals surface area contributed by atoms with E-state index in [9.17, 15) is 19.7 Å². The summed E-state index contributed by atoms with van der Waals surface area (Å²) in [7, 11) is 2.98. The zero-order valence-corrected chi connectivity index (χ0v) is 16.3. The van der Waals surface area contributed by atoms with Gasteiger partial charge in [-0.25, -0.2) is 4.79 Å². The standard InChI is InChI=1S/C19H16N2O7S/c1-26-14-7-12(8-15(9-14)27-2)20-18(22)10-28-19(23)17-6-11-5-13(21(24)25)3-4-16(11)29-17/h3-9H,10H2,1-2H3,(H,20,22). The van der Waals surface area contributed by atoms with Crippen molar-refractivity contribution in [1.82, 2.24) is 0 Å². The summed E-state index contributed by atoms with van der Waals surface area (Å²) in [6.45, 7) is -0.493. The Labute approximate surface area is 169 Å². The first-order chi connectivity index (χ1) is 13.9. The number of carbonyl (C=O) groups is 2. The third-order valence-corrected chi connectivity index (χ3v) is 4.98. The van der Waals surface area contributed by atoms with Crippen molar-refractivity contribution in [1.29, 1.82) is 0 Å². The molecule has 3 aromatic rings. The minimum atomic E-state index is -0.688. The van der Waals surface area contributed by atoms with Gasteiger partial charge in [-0.3, -0.25) is 14.9 Å². The number of hydrogen-bond donors (Lipinski definition) is 1. The predicted molar refractivity (Wildman–Crippen MR) is 107 cm³/mol. The van der Waals surface area contributed by atoms with Gasteiger partial charge in [-0.2, -0.15) is 0 Å². The van der Waals surface area contributed by atoms with E-state index < -0.39 is 23.4 Å². The molecule has 0 saturated carbocycles. The van der Waals surface area contributed by atoms with Crippen LogP contribution in [0.5, 0.6) is 11.5 Å². The van der Waals surface area contributed by atoms with Gasteiger partial charge in [0.1, 0.15) is 16.4 Å². The molecule has 0 aliphatic rings. The Hall–Kier alpha value is -3.66. The smallest absolute Gasteiger partial charge is 0.348 e. The van der Waals surface area contributed by atoms with Gasteiger partial charge in [0.15, 0.2) is 6.61 Å². The molecule has 3 rings (SSSR count). The first kappa shape index (κ1) is 20.1. The third-order valence-electron chi connectivity index (χ3n) is 3.88. The van der Waals surface area contributed by atoms with E-state index in [4.69, 9.17) is 14.2 Å². The largest absolute Gasteiger partial charge is 0.497 e. The van der Waals surface area contributed by atoms with Crippen molar-refractivity contribution < 1.29 is 28.7 Å². The molecule has 150 valence electrons. The Balaban J connectivity index is 1.63. The number of amides is 1. The fraction of sp³-hybridized carbons (Fsp3) is 0.158. The number of fused-ring (bicyclic) bond motifs is 1. The minimum absolute atomic E-state index is 0.0664. The number of nitro benzene ring substituents is 1. The lowest BCUT2D eigenvalue weighted by Crippen LogP contribution is -2.20. The van der Waals surface area contributed by atoms with Crippen molar-refractivity contribution in [3.8, 4) is 11.5 Å². The van der Waals surface area contributed by atoms with Crippen LogP contribution in [0.4, 0.5) is 11.4 Å². The van der Waals surface area contributed by atoms with Gasteiger partial charge in [0, 0.05) is 46.1 Å². The maximum absolute atomic E-state index is 12.2. The summed E-state index contributed by atoms with van der Waals surface area (Å²) in [4.78, 5) is 34.9. The highest BCUT2D eigenvalue weighted by molar-refractivity contribution is 7.20. The summed E-state index contributed by atoms with van der Waals surface area (Å²) in [6.07, 6.45) is 0. The molecule has 2 aromatic carbocycles. The van der Waals surface area contributed by atoms with Crippen LogP contribution in [0.3, 0.4) is 0 Å². The van der Waals surface area contributed by atoms with E-state index in [1.807, 2.05) is 0 Å². The average Bonchev–Trinajstić information content (AvgIpc) is 3.15. The predicted octanol–water partition coefficient (Wildman–Crippen LogP) is 3.62. The van der Waals surface area contributed by atoms with Crippen molar-refractivity contribution in [2.24, 2.45) is 0 Å². The highest BCUT2D eigenvalue weighted by Gasteiger charge is 2.16. The second-order valence-corrected chi connectivity index (χ2v) is 6.90. The van der Waals surface area contributed by atoms with Crippen LogP contribution in [0.1, 0.15) is 9.67 Å².